The fraction of sp³-hybridized carbons (Fsp3) is 0.500. The van der Waals surface area contributed by atoms with Crippen molar-refractivity contribution in [1.29, 1.82) is 0 Å². The summed E-state index contributed by atoms with van der Waals surface area (Å²) in [6.45, 7) is 8.42. The molecule has 1 atom stereocenters. The molecule has 1 rings (SSSR count). The summed E-state index contributed by atoms with van der Waals surface area (Å²) < 4.78 is 5.13. The minimum absolute atomic E-state index is 0.294. The van der Waals surface area contributed by atoms with Crippen LogP contribution in [0.5, 0.6) is 0 Å². The van der Waals surface area contributed by atoms with Crippen molar-refractivity contribution in [1.82, 2.24) is 5.32 Å². The van der Waals surface area contributed by atoms with Gasteiger partial charge in [0.2, 0.25) is 0 Å². The predicted molar refractivity (Wildman–Crippen MR) is 91.7 cm³/mol. The van der Waals surface area contributed by atoms with Crippen molar-refractivity contribution in [3.05, 3.63) is 44.0 Å². The van der Waals surface area contributed by atoms with Crippen LogP contribution in [-0.2, 0) is 9.53 Å². The summed E-state index contributed by atoms with van der Waals surface area (Å²) in [4.78, 5) is 44.9. The van der Waals surface area contributed by atoms with Crippen molar-refractivity contribution in [2.75, 3.05) is 0 Å². The molecule has 0 spiro atoms. The minimum atomic E-state index is -1.05. The fourth-order valence-corrected chi connectivity index (χ4v) is 2.08. The Morgan fingerprint density at radius 2 is 1.50 bits per heavy atom. The van der Waals surface area contributed by atoms with Crippen LogP contribution < -0.4 is 5.32 Å². The van der Waals surface area contributed by atoms with E-state index in [9.17, 15) is 29.8 Å². The number of nitrogens with one attached hydrogen (secondary N) is 1. The average Bonchev–Trinajstić information content (AvgIpc) is 2.49. The zero-order chi connectivity index (χ0) is 20.2. The number of nitro benzene ring substituents is 2. The third kappa shape index (κ3) is 5.50. The smallest absolute Gasteiger partial charge is 0.329 e. The number of esters is 1. The Hall–Kier alpha value is -3.04. The zero-order valence-corrected chi connectivity index (χ0v) is 15.1. The second-order valence-electron chi connectivity index (χ2n) is 7.01. The first kappa shape index (κ1) is 21.0. The van der Waals surface area contributed by atoms with Gasteiger partial charge in [-0.2, -0.15) is 0 Å². The first-order chi connectivity index (χ1) is 11.8. The van der Waals surface area contributed by atoms with Crippen LogP contribution in [0.3, 0.4) is 0 Å². The Bertz CT molecular complexity index is 706. The summed E-state index contributed by atoms with van der Waals surface area (Å²) in [5.74, 6) is -1.52. The lowest BCUT2D eigenvalue weighted by molar-refractivity contribution is -0.394. The molecule has 10 nitrogen and oxygen atoms in total. The standard InChI is InChI=1S/C16H21N3O7/c1-9(2)26-15(21)13(16(3,4)5)17-14(20)10-6-11(18(22)23)8-12(7-10)19(24)25/h6-9,13H,1-5H3,(H,17,20)/t13-/m0/s1. The highest BCUT2D eigenvalue weighted by atomic mass is 16.6. The second kappa shape index (κ2) is 7.89. The number of ether oxygens (including phenoxy) is 1. The molecular formula is C16H21N3O7. The molecule has 142 valence electrons. The Morgan fingerprint density at radius 3 is 1.85 bits per heavy atom. The van der Waals surface area contributed by atoms with E-state index >= 15 is 0 Å². The highest BCUT2D eigenvalue weighted by molar-refractivity contribution is 5.98. The molecule has 0 unspecified atom stereocenters. The van der Waals surface area contributed by atoms with E-state index in [2.05, 4.69) is 5.32 Å². The van der Waals surface area contributed by atoms with E-state index in [0.717, 1.165) is 18.2 Å². The van der Waals surface area contributed by atoms with Gasteiger partial charge in [0, 0.05) is 12.1 Å². The third-order valence-corrected chi connectivity index (χ3v) is 3.32. The lowest BCUT2D eigenvalue weighted by Gasteiger charge is -2.30. The van der Waals surface area contributed by atoms with Gasteiger partial charge in [-0.05, 0) is 19.3 Å². The van der Waals surface area contributed by atoms with E-state index in [1.54, 1.807) is 34.6 Å². The number of non-ortho nitro benzene ring substituents is 2. The monoisotopic (exact) mass is 367 g/mol. The normalized spacial score (nSPS) is 12.4. The van der Waals surface area contributed by atoms with E-state index in [1.807, 2.05) is 0 Å². The van der Waals surface area contributed by atoms with Gasteiger partial charge in [-0.15, -0.1) is 0 Å². The van der Waals surface area contributed by atoms with Crippen LogP contribution >= 0.6 is 0 Å². The summed E-state index contributed by atoms with van der Waals surface area (Å²) in [6.07, 6.45) is -0.400. The van der Waals surface area contributed by atoms with Crippen molar-refractivity contribution < 1.29 is 24.2 Å². The van der Waals surface area contributed by atoms with Crippen molar-refractivity contribution >= 4 is 23.3 Å². The largest absolute Gasteiger partial charge is 0.461 e. The number of carbonyl (C=O) groups excluding carboxylic acids is 2. The van der Waals surface area contributed by atoms with Gasteiger partial charge in [0.1, 0.15) is 6.04 Å². The minimum Gasteiger partial charge on any atom is -0.461 e. The molecule has 0 saturated heterocycles. The molecule has 1 aromatic rings. The fourth-order valence-electron chi connectivity index (χ4n) is 2.08. The number of carbonyl (C=O) groups is 2. The molecule has 0 heterocycles. The number of nitro groups is 2. The van der Waals surface area contributed by atoms with Crippen LogP contribution in [0.15, 0.2) is 18.2 Å². The number of hydrogen-bond donors (Lipinski definition) is 1. The first-order valence-electron chi connectivity index (χ1n) is 7.78. The van der Waals surface area contributed by atoms with Crippen LogP contribution in [0.4, 0.5) is 11.4 Å². The van der Waals surface area contributed by atoms with Gasteiger partial charge in [0.25, 0.3) is 17.3 Å². The SMILES string of the molecule is CC(C)OC(=O)[C@H](NC(=O)c1cc([N+](=O)[O-])cc([N+](=O)[O-])c1)C(C)(C)C. The lowest BCUT2D eigenvalue weighted by Crippen LogP contribution is -2.50. The van der Waals surface area contributed by atoms with Gasteiger partial charge >= 0.3 is 5.97 Å². The summed E-state index contributed by atoms with van der Waals surface area (Å²) in [5.41, 5.74) is -2.20. The van der Waals surface area contributed by atoms with Crippen molar-refractivity contribution in [2.45, 2.75) is 46.8 Å². The molecule has 0 aromatic heterocycles. The van der Waals surface area contributed by atoms with Crippen molar-refractivity contribution in [2.24, 2.45) is 5.41 Å². The second-order valence-corrected chi connectivity index (χ2v) is 7.01. The van der Waals surface area contributed by atoms with Gasteiger partial charge in [0.05, 0.1) is 27.6 Å². The number of amides is 1. The molecule has 1 amide bonds. The summed E-state index contributed by atoms with van der Waals surface area (Å²) in [7, 11) is 0. The molecule has 0 aliphatic rings. The number of hydrogen-bond acceptors (Lipinski definition) is 7. The molecule has 10 heteroatoms. The molecule has 0 aliphatic heterocycles. The highest BCUT2D eigenvalue weighted by Gasteiger charge is 2.35. The Labute approximate surface area is 149 Å². The third-order valence-electron chi connectivity index (χ3n) is 3.32. The van der Waals surface area contributed by atoms with Gasteiger partial charge in [-0.1, -0.05) is 20.8 Å². The van der Waals surface area contributed by atoms with Crippen LogP contribution in [0.1, 0.15) is 45.0 Å². The van der Waals surface area contributed by atoms with Crippen LogP contribution in [-0.4, -0.2) is 33.9 Å². The summed E-state index contributed by atoms with van der Waals surface area (Å²) >= 11 is 0. The maximum absolute atomic E-state index is 12.5. The zero-order valence-electron chi connectivity index (χ0n) is 15.1. The van der Waals surface area contributed by atoms with E-state index in [0.29, 0.717) is 0 Å². The number of nitrogens with zero attached hydrogens (tertiary/aromatic N) is 2. The molecule has 0 aliphatic carbocycles. The lowest BCUT2D eigenvalue weighted by atomic mass is 9.86. The Kier molecular flexibility index (Phi) is 6.38. The van der Waals surface area contributed by atoms with Crippen LogP contribution in [0.25, 0.3) is 0 Å². The van der Waals surface area contributed by atoms with Gasteiger partial charge < -0.3 is 10.1 Å². The van der Waals surface area contributed by atoms with E-state index in [-0.39, 0.29) is 5.56 Å². The Balaban J connectivity index is 3.22. The van der Waals surface area contributed by atoms with E-state index < -0.39 is 50.7 Å². The maximum Gasteiger partial charge on any atom is 0.329 e. The van der Waals surface area contributed by atoms with Gasteiger partial charge in [-0.3, -0.25) is 25.0 Å². The Morgan fingerprint density at radius 1 is 1.04 bits per heavy atom. The molecule has 0 bridgehead atoms. The molecule has 0 fully saturated rings. The molecule has 0 radical (unpaired) electrons. The summed E-state index contributed by atoms with van der Waals surface area (Å²) in [6, 6.07) is 1.53. The highest BCUT2D eigenvalue weighted by Crippen LogP contribution is 2.25. The maximum atomic E-state index is 12.5. The molecule has 1 aromatic carbocycles. The summed E-state index contributed by atoms with van der Waals surface area (Å²) in [5, 5.41) is 24.3. The molecule has 26 heavy (non-hydrogen) atoms. The number of benzene rings is 1. The van der Waals surface area contributed by atoms with Crippen molar-refractivity contribution in [3.8, 4) is 0 Å². The quantitative estimate of drug-likeness (QED) is 0.462. The molecule has 0 saturated carbocycles. The van der Waals surface area contributed by atoms with Gasteiger partial charge in [-0.25, -0.2) is 4.79 Å². The number of rotatable bonds is 6. The predicted octanol–water partition coefficient (Wildman–Crippen LogP) is 2.60. The van der Waals surface area contributed by atoms with Crippen LogP contribution in [0, 0.1) is 25.6 Å². The molecular weight excluding hydrogens is 346 g/mol. The van der Waals surface area contributed by atoms with E-state index in [1.165, 1.54) is 0 Å². The topological polar surface area (TPSA) is 142 Å². The van der Waals surface area contributed by atoms with Crippen LogP contribution in [0.2, 0.25) is 0 Å². The van der Waals surface area contributed by atoms with E-state index in [4.69, 9.17) is 4.74 Å². The molecule has 1 N–H and O–H groups in total. The van der Waals surface area contributed by atoms with Gasteiger partial charge in [0.15, 0.2) is 0 Å². The van der Waals surface area contributed by atoms with Crippen molar-refractivity contribution in [3.63, 3.8) is 0 Å². The first-order valence-corrected chi connectivity index (χ1v) is 7.78. The average molecular weight is 367 g/mol.